The lowest BCUT2D eigenvalue weighted by atomic mass is 9.97. The summed E-state index contributed by atoms with van der Waals surface area (Å²) in [5.41, 5.74) is 1.03. The van der Waals surface area contributed by atoms with Crippen molar-refractivity contribution in [2.24, 2.45) is 5.92 Å². The Morgan fingerprint density at radius 3 is 2.54 bits per heavy atom. The Balaban J connectivity index is 0.00000243. The Bertz CT molecular complexity index is 724. The molecule has 3 rings (SSSR count). The van der Waals surface area contributed by atoms with E-state index in [0.717, 1.165) is 31.5 Å². The van der Waals surface area contributed by atoms with Crippen molar-refractivity contribution in [3.8, 4) is 0 Å². The van der Waals surface area contributed by atoms with E-state index < -0.39 is 10.0 Å². The van der Waals surface area contributed by atoms with Crippen molar-refractivity contribution >= 4 is 28.3 Å². The zero-order valence-corrected chi connectivity index (χ0v) is 17.0. The maximum Gasteiger partial charge on any atom is 0.243 e. The topological polar surface area (TPSA) is 69.7 Å². The number of sulfonamides is 1. The fourth-order valence-corrected chi connectivity index (χ4v) is 5.15. The number of halogens is 1. The molecule has 2 heterocycles. The SMILES string of the molecule is Cc1ccc(S(=O)(=O)N2CCCC(C(=O)N3CCNC[C@H]3C)C2)cc1.Cl. The van der Waals surface area contributed by atoms with E-state index in [-0.39, 0.29) is 36.8 Å². The molecule has 8 heteroatoms. The highest BCUT2D eigenvalue weighted by molar-refractivity contribution is 7.89. The Hall–Kier alpha value is -1.15. The van der Waals surface area contributed by atoms with Crippen molar-refractivity contribution in [2.45, 2.75) is 37.6 Å². The molecule has 2 aliphatic rings. The maximum absolute atomic E-state index is 12.9. The van der Waals surface area contributed by atoms with Gasteiger partial charge in [-0.05, 0) is 38.8 Å². The summed E-state index contributed by atoms with van der Waals surface area (Å²) in [5.74, 6) is -0.146. The minimum Gasteiger partial charge on any atom is -0.337 e. The van der Waals surface area contributed by atoms with Gasteiger partial charge in [-0.25, -0.2) is 8.42 Å². The molecule has 0 saturated carbocycles. The molecular weight excluding hydrogens is 374 g/mol. The summed E-state index contributed by atoms with van der Waals surface area (Å²) in [5, 5.41) is 3.28. The second-order valence-electron chi connectivity index (χ2n) is 7.10. The number of carbonyl (C=O) groups is 1. The van der Waals surface area contributed by atoms with Gasteiger partial charge in [-0.1, -0.05) is 17.7 Å². The lowest BCUT2D eigenvalue weighted by Gasteiger charge is -2.39. The van der Waals surface area contributed by atoms with Gasteiger partial charge in [0.2, 0.25) is 15.9 Å². The van der Waals surface area contributed by atoms with Crippen LogP contribution in [0.4, 0.5) is 0 Å². The largest absolute Gasteiger partial charge is 0.337 e. The first kappa shape index (κ1) is 21.2. The van der Waals surface area contributed by atoms with E-state index in [9.17, 15) is 13.2 Å². The monoisotopic (exact) mass is 401 g/mol. The molecule has 0 aliphatic carbocycles. The zero-order chi connectivity index (χ0) is 18.0. The fourth-order valence-electron chi connectivity index (χ4n) is 3.62. The first-order valence-corrected chi connectivity index (χ1v) is 10.4. The number of piperazine rings is 1. The molecule has 1 aromatic rings. The van der Waals surface area contributed by atoms with Crippen LogP contribution in [0, 0.1) is 12.8 Å². The summed E-state index contributed by atoms with van der Waals surface area (Å²) in [4.78, 5) is 15.1. The Morgan fingerprint density at radius 1 is 1.19 bits per heavy atom. The fraction of sp³-hybridized carbons (Fsp3) is 0.611. The summed E-state index contributed by atoms with van der Waals surface area (Å²) in [6.07, 6.45) is 1.48. The molecule has 26 heavy (non-hydrogen) atoms. The number of benzene rings is 1. The zero-order valence-electron chi connectivity index (χ0n) is 15.3. The molecule has 1 unspecified atom stereocenters. The van der Waals surface area contributed by atoms with Crippen LogP contribution in [-0.2, 0) is 14.8 Å². The van der Waals surface area contributed by atoms with E-state index in [2.05, 4.69) is 5.32 Å². The van der Waals surface area contributed by atoms with Gasteiger partial charge in [-0.2, -0.15) is 4.31 Å². The molecule has 6 nitrogen and oxygen atoms in total. The molecule has 1 N–H and O–H groups in total. The Kier molecular flexibility index (Phi) is 7.07. The van der Waals surface area contributed by atoms with Crippen LogP contribution in [-0.4, -0.2) is 62.3 Å². The van der Waals surface area contributed by atoms with Gasteiger partial charge >= 0.3 is 0 Å². The van der Waals surface area contributed by atoms with E-state index in [1.807, 2.05) is 30.9 Å². The normalized spacial score (nSPS) is 24.8. The summed E-state index contributed by atoms with van der Waals surface area (Å²) in [7, 11) is -3.54. The van der Waals surface area contributed by atoms with E-state index >= 15 is 0 Å². The molecule has 146 valence electrons. The van der Waals surface area contributed by atoms with Crippen molar-refractivity contribution in [2.75, 3.05) is 32.7 Å². The number of rotatable bonds is 3. The van der Waals surface area contributed by atoms with Gasteiger partial charge in [0.1, 0.15) is 0 Å². The van der Waals surface area contributed by atoms with Crippen molar-refractivity contribution in [1.82, 2.24) is 14.5 Å². The predicted molar refractivity (Wildman–Crippen MR) is 104 cm³/mol. The Labute approximate surface area is 162 Å². The number of hydrogen-bond acceptors (Lipinski definition) is 4. The van der Waals surface area contributed by atoms with E-state index in [0.29, 0.717) is 18.0 Å². The minimum atomic E-state index is -3.54. The van der Waals surface area contributed by atoms with Crippen molar-refractivity contribution < 1.29 is 13.2 Å². The van der Waals surface area contributed by atoms with E-state index in [4.69, 9.17) is 0 Å². The van der Waals surface area contributed by atoms with Crippen molar-refractivity contribution in [1.29, 1.82) is 0 Å². The third-order valence-electron chi connectivity index (χ3n) is 5.18. The lowest BCUT2D eigenvalue weighted by molar-refractivity contribution is -0.139. The quantitative estimate of drug-likeness (QED) is 0.835. The minimum absolute atomic E-state index is 0. The van der Waals surface area contributed by atoms with Crippen LogP contribution in [0.15, 0.2) is 29.2 Å². The summed E-state index contributed by atoms with van der Waals surface area (Å²) >= 11 is 0. The predicted octanol–water partition coefficient (Wildman–Crippen LogP) is 1.64. The van der Waals surface area contributed by atoms with Crippen molar-refractivity contribution in [3.05, 3.63) is 29.8 Å². The van der Waals surface area contributed by atoms with Gasteiger partial charge in [-0.15, -0.1) is 12.4 Å². The first-order valence-electron chi connectivity index (χ1n) is 8.97. The van der Waals surface area contributed by atoms with Crippen LogP contribution in [0.2, 0.25) is 0 Å². The summed E-state index contributed by atoms with van der Waals surface area (Å²) in [6.45, 7) is 7.02. The van der Waals surface area contributed by atoms with Crippen LogP contribution in [0.3, 0.4) is 0 Å². The van der Waals surface area contributed by atoms with Crippen LogP contribution < -0.4 is 5.32 Å². The molecular formula is C18H28ClN3O3S. The van der Waals surface area contributed by atoms with Crippen molar-refractivity contribution in [3.63, 3.8) is 0 Å². The highest BCUT2D eigenvalue weighted by Crippen LogP contribution is 2.26. The number of carbonyl (C=O) groups excluding carboxylic acids is 1. The number of piperidine rings is 1. The van der Waals surface area contributed by atoms with Crippen LogP contribution in [0.1, 0.15) is 25.3 Å². The van der Waals surface area contributed by atoms with Crippen LogP contribution >= 0.6 is 12.4 Å². The third kappa shape index (κ3) is 4.39. The molecule has 2 atom stereocenters. The second kappa shape index (κ2) is 8.69. The van der Waals surface area contributed by atoms with E-state index in [1.54, 1.807) is 12.1 Å². The van der Waals surface area contributed by atoms with Gasteiger partial charge in [0, 0.05) is 38.8 Å². The molecule has 2 aliphatic heterocycles. The van der Waals surface area contributed by atoms with Gasteiger partial charge in [-0.3, -0.25) is 4.79 Å². The first-order chi connectivity index (χ1) is 11.9. The number of hydrogen-bond donors (Lipinski definition) is 1. The van der Waals surface area contributed by atoms with Gasteiger partial charge in [0.05, 0.1) is 10.8 Å². The molecule has 0 spiro atoms. The third-order valence-corrected chi connectivity index (χ3v) is 7.06. The number of aryl methyl sites for hydroxylation is 1. The lowest BCUT2D eigenvalue weighted by Crippen LogP contribution is -2.55. The molecule has 1 amide bonds. The average Bonchev–Trinajstić information content (AvgIpc) is 2.62. The smallest absolute Gasteiger partial charge is 0.243 e. The molecule has 2 saturated heterocycles. The Morgan fingerprint density at radius 2 is 1.88 bits per heavy atom. The highest BCUT2D eigenvalue weighted by Gasteiger charge is 2.36. The van der Waals surface area contributed by atoms with Gasteiger partial charge in [0.15, 0.2) is 0 Å². The maximum atomic E-state index is 12.9. The molecule has 2 fully saturated rings. The molecule has 0 radical (unpaired) electrons. The molecule has 1 aromatic carbocycles. The highest BCUT2D eigenvalue weighted by atomic mass is 35.5. The average molecular weight is 402 g/mol. The number of amides is 1. The molecule has 0 bridgehead atoms. The van der Waals surface area contributed by atoms with Gasteiger partial charge in [0.25, 0.3) is 0 Å². The summed E-state index contributed by atoms with van der Waals surface area (Å²) in [6, 6.07) is 7.07. The van der Waals surface area contributed by atoms with Crippen LogP contribution in [0.25, 0.3) is 0 Å². The molecule has 0 aromatic heterocycles. The second-order valence-corrected chi connectivity index (χ2v) is 9.04. The van der Waals surface area contributed by atoms with E-state index in [1.165, 1.54) is 4.31 Å². The standard InChI is InChI=1S/C18H27N3O3S.ClH/c1-14-5-7-17(8-6-14)25(23,24)20-10-3-4-16(13-20)18(22)21-11-9-19-12-15(21)2;/h5-8,15-16,19H,3-4,9-13H2,1-2H3;1H/t15-,16?;/m1./s1. The van der Waals surface area contributed by atoms with Crippen LogP contribution in [0.5, 0.6) is 0 Å². The summed E-state index contributed by atoms with van der Waals surface area (Å²) < 4.78 is 27.3. The number of nitrogens with one attached hydrogen (secondary N) is 1. The number of nitrogens with zero attached hydrogens (tertiary/aromatic N) is 2. The van der Waals surface area contributed by atoms with Gasteiger partial charge < -0.3 is 10.2 Å².